The van der Waals surface area contributed by atoms with Crippen molar-refractivity contribution in [3.8, 4) is 0 Å². The number of hydrogen-bond acceptors (Lipinski definition) is 4. The fraction of sp³-hybridized carbons (Fsp3) is 0.400. The van der Waals surface area contributed by atoms with Crippen molar-refractivity contribution in [1.29, 1.82) is 0 Å². The minimum absolute atomic E-state index is 0.472. The average molecular weight is 130 g/mol. The first-order valence-corrected chi connectivity index (χ1v) is 2.44. The van der Waals surface area contributed by atoms with Gasteiger partial charge in [0.05, 0.1) is 7.11 Å². The molecule has 0 unspecified atom stereocenters. The molecule has 0 aliphatic rings. The Morgan fingerprint density at radius 2 is 2.44 bits per heavy atom. The first-order chi connectivity index (χ1) is 4.35. The Kier molecular flexibility index (Phi) is 4.30. The summed E-state index contributed by atoms with van der Waals surface area (Å²) in [5.41, 5.74) is 0. The van der Waals surface area contributed by atoms with E-state index in [1.807, 2.05) is 0 Å². The molecular formula is C5H10N2O2. The van der Waals surface area contributed by atoms with Gasteiger partial charge in [-0.2, -0.15) is 0 Å². The van der Waals surface area contributed by atoms with Gasteiger partial charge in [0.2, 0.25) is 0 Å². The van der Waals surface area contributed by atoms with Crippen LogP contribution in [0.4, 0.5) is 0 Å². The maximum absolute atomic E-state index is 8.02. The molecule has 52 valence electrons. The van der Waals surface area contributed by atoms with Crippen LogP contribution in [0.1, 0.15) is 0 Å². The van der Waals surface area contributed by atoms with Crippen LogP contribution in [0, 0.1) is 0 Å². The molecule has 9 heavy (non-hydrogen) atoms. The van der Waals surface area contributed by atoms with Gasteiger partial charge < -0.3 is 15.3 Å². The van der Waals surface area contributed by atoms with Crippen molar-refractivity contribution in [2.45, 2.75) is 0 Å². The van der Waals surface area contributed by atoms with Gasteiger partial charge in [-0.3, -0.25) is 0 Å². The third-order valence-corrected chi connectivity index (χ3v) is 0.707. The number of nitrogens with one attached hydrogen (secondary N) is 1. The molecule has 2 N–H and O–H groups in total. The Hall–Kier alpha value is -1.19. The van der Waals surface area contributed by atoms with E-state index in [2.05, 4.69) is 10.5 Å². The highest BCUT2D eigenvalue weighted by Crippen LogP contribution is 1.85. The molecule has 0 amide bonds. The molecule has 0 aromatic carbocycles. The number of allylic oxidation sites excluding steroid dienone is 1. The molecule has 0 fully saturated rings. The van der Waals surface area contributed by atoms with Crippen LogP contribution in [0.15, 0.2) is 17.1 Å². The Morgan fingerprint density at radius 3 is 2.78 bits per heavy atom. The molecule has 0 aliphatic heterocycles. The van der Waals surface area contributed by atoms with Gasteiger partial charge in [-0.05, 0) is 0 Å². The van der Waals surface area contributed by atoms with Crippen LogP contribution in [0.2, 0.25) is 0 Å². The zero-order valence-corrected chi connectivity index (χ0v) is 5.46. The van der Waals surface area contributed by atoms with E-state index in [0.717, 1.165) is 0 Å². The molecule has 0 spiro atoms. The van der Waals surface area contributed by atoms with Crippen LogP contribution in [-0.2, 0) is 4.74 Å². The highest BCUT2D eigenvalue weighted by molar-refractivity contribution is 5.74. The summed E-state index contributed by atoms with van der Waals surface area (Å²) in [5.74, 6) is 0.472. The molecule has 0 bridgehead atoms. The second kappa shape index (κ2) is 4.96. The molecule has 0 radical (unpaired) electrons. The fourth-order valence-corrected chi connectivity index (χ4v) is 0.348. The SMILES string of the molecule is CN/C=C(\C=N/O)OC. The van der Waals surface area contributed by atoms with Gasteiger partial charge >= 0.3 is 0 Å². The zero-order valence-electron chi connectivity index (χ0n) is 5.46. The summed E-state index contributed by atoms with van der Waals surface area (Å²) in [6.45, 7) is 0. The van der Waals surface area contributed by atoms with Crippen LogP contribution < -0.4 is 5.32 Å². The van der Waals surface area contributed by atoms with Crippen molar-refractivity contribution in [3.63, 3.8) is 0 Å². The maximum atomic E-state index is 8.02. The quantitative estimate of drug-likeness (QED) is 0.247. The van der Waals surface area contributed by atoms with E-state index in [1.54, 1.807) is 13.2 Å². The van der Waals surface area contributed by atoms with E-state index in [4.69, 9.17) is 9.94 Å². The van der Waals surface area contributed by atoms with Crippen LogP contribution in [0.5, 0.6) is 0 Å². The van der Waals surface area contributed by atoms with Crippen LogP contribution >= 0.6 is 0 Å². The number of oxime groups is 1. The summed E-state index contributed by atoms with van der Waals surface area (Å²) in [6.07, 6.45) is 2.76. The second-order valence-electron chi connectivity index (χ2n) is 1.28. The van der Waals surface area contributed by atoms with Crippen molar-refractivity contribution in [2.75, 3.05) is 14.2 Å². The van der Waals surface area contributed by atoms with E-state index in [-0.39, 0.29) is 0 Å². The largest absolute Gasteiger partial charge is 0.493 e. The van der Waals surface area contributed by atoms with E-state index >= 15 is 0 Å². The van der Waals surface area contributed by atoms with E-state index in [0.29, 0.717) is 5.76 Å². The Bertz CT molecular complexity index is 120. The normalized spacial score (nSPS) is 12.0. The number of rotatable bonds is 3. The smallest absolute Gasteiger partial charge is 0.156 e. The lowest BCUT2D eigenvalue weighted by Gasteiger charge is -1.95. The fourth-order valence-electron chi connectivity index (χ4n) is 0.348. The van der Waals surface area contributed by atoms with E-state index < -0.39 is 0 Å². The second-order valence-corrected chi connectivity index (χ2v) is 1.28. The van der Waals surface area contributed by atoms with Gasteiger partial charge in [0.25, 0.3) is 0 Å². The monoisotopic (exact) mass is 130 g/mol. The van der Waals surface area contributed by atoms with Gasteiger partial charge in [-0.1, -0.05) is 5.16 Å². The summed E-state index contributed by atoms with van der Waals surface area (Å²) >= 11 is 0. The number of hydrogen-bond donors (Lipinski definition) is 2. The molecule has 0 heterocycles. The molecular weight excluding hydrogens is 120 g/mol. The van der Waals surface area contributed by atoms with Gasteiger partial charge in [0, 0.05) is 13.2 Å². The summed E-state index contributed by atoms with van der Waals surface area (Å²) < 4.78 is 4.72. The maximum Gasteiger partial charge on any atom is 0.156 e. The predicted octanol–water partition coefficient (Wildman–Crippen LogP) is 0.154. The number of nitrogens with zero attached hydrogens (tertiary/aromatic N) is 1. The molecule has 0 atom stereocenters. The molecule has 0 aliphatic carbocycles. The molecule has 0 saturated carbocycles. The molecule has 0 aromatic heterocycles. The van der Waals surface area contributed by atoms with Gasteiger partial charge in [-0.25, -0.2) is 0 Å². The van der Waals surface area contributed by atoms with Crippen LogP contribution in [0.25, 0.3) is 0 Å². The van der Waals surface area contributed by atoms with Crippen LogP contribution in [-0.4, -0.2) is 25.6 Å². The predicted molar refractivity (Wildman–Crippen MR) is 34.4 cm³/mol. The number of methoxy groups -OCH3 is 1. The van der Waals surface area contributed by atoms with Crippen molar-refractivity contribution < 1.29 is 9.94 Å². The summed E-state index contributed by atoms with van der Waals surface area (Å²) in [7, 11) is 3.22. The Morgan fingerprint density at radius 1 is 1.78 bits per heavy atom. The molecule has 0 saturated heterocycles. The average Bonchev–Trinajstić information content (AvgIpc) is 1.88. The van der Waals surface area contributed by atoms with Crippen molar-refractivity contribution in [2.24, 2.45) is 5.16 Å². The molecule has 0 aromatic rings. The minimum Gasteiger partial charge on any atom is -0.493 e. The highest BCUT2D eigenvalue weighted by atomic mass is 16.5. The van der Waals surface area contributed by atoms with Gasteiger partial charge in [-0.15, -0.1) is 0 Å². The first kappa shape index (κ1) is 7.81. The first-order valence-electron chi connectivity index (χ1n) is 2.44. The van der Waals surface area contributed by atoms with E-state index in [1.165, 1.54) is 13.3 Å². The number of ether oxygens (including phenoxy) is 1. The zero-order chi connectivity index (χ0) is 7.11. The third-order valence-electron chi connectivity index (χ3n) is 0.707. The summed E-state index contributed by atoms with van der Waals surface area (Å²) in [6, 6.07) is 0. The Labute approximate surface area is 53.8 Å². The lowest BCUT2D eigenvalue weighted by atomic mass is 10.6. The van der Waals surface area contributed by atoms with E-state index in [9.17, 15) is 0 Å². The lowest BCUT2D eigenvalue weighted by molar-refractivity contribution is 0.298. The van der Waals surface area contributed by atoms with Gasteiger partial charge in [0.1, 0.15) is 6.21 Å². The third kappa shape index (κ3) is 3.40. The minimum atomic E-state index is 0.472. The van der Waals surface area contributed by atoms with Crippen molar-refractivity contribution in [1.82, 2.24) is 5.32 Å². The van der Waals surface area contributed by atoms with Gasteiger partial charge in [0.15, 0.2) is 5.76 Å². The van der Waals surface area contributed by atoms with Crippen molar-refractivity contribution in [3.05, 3.63) is 12.0 Å². The molecule has 4 heteroatoms. The Balaban J connectivity index is 3.81. The van der Waals surface area contributed by atoms with Crippen LogP contribution in [0.3, 0.4) is 0 Å². The molecule has 0 rings (SSSR count). The standard InChI is InChI=1S/C5H10N2O2/c1-6-3-5(9-2)4-7-8/h3-4,6,8H,1-2H3/b5-3+,7-4-. The summed E-state index contributed by atoms with van der Waals surface area (Å²) in [5, 5.41) is 13.5. The van der Waals surface area contributed by atoms with Crippen molar-refractivity contribution >= 4 is 6.21 Å². The topological polar surface area (TPSA) is 53.9 Å². The molecule has 4 nitrogen and oxygen atoms in total. The summed E-state index contributed by atoms with van der Waals surface area (Å²) in [4.78, 5) is 0. The lowest BCUT2D eigenvalue weighted by Crippen LogP contribution is -1.98. The highest BCUT2D eigenvalue weighted by Gasteiger charge is 1.85.